The Bertz CT molecular complexity index is 625. The normalized spacial score (nSPS) is 18.7. The molecule has 2 rings (SSSR count). The lowest BCUT2D eigenvalue weighted by Gasteiger charge is -2.22. The van der Waals surface area contributed by atoms with Crippen molar-refractivity contribution in [1.29, 1.82) is 0 Å². The van der Waals surface area contributed by atoms with Crippen LogP contribution in [-0.4, -0.2) is 50.8 Å². The van der Waals surface area contributed by atoms with Crippen LogP contribution in [0.3, 0.4) is 0 Å². The van der Waals surface area contributed by atoms with Crippen LogP contribution in [-0.2, 0) is 10.9 Å². The maximum atomic E-state index is 12.9. The SMILES string of the molecule is CCOCC1CCN(C(=NC)NCCC(C)c2cccc(C(F)(F)F)c2)C1.I. The van der Waals surface area contributed by atoms with Crippen LogP contribution >= 0.6 is 24.0 Å². The molecule has 0 radical (unpaired) electrons. The third-order valence-electron chi connectivity index (χ3n) is 5.00. The number of nitrogens with zero attached hydrogens (tertiary/aromatic N) is 2. The molecule has 0 spiro atoms. The number of hydrogen-bond donors (Lipinski definition) is 1. The molecule has 0 saturated carbocycles. The molecule has 1 heterocycles. The number of likely N-dealkylation sites (tertiary alicyclic amines) is 1. The minimum atomic E-state index is -4.30. The minimum Gasteiger partial charge on any atom is -0.381 e. The molecule has 1 aliphatic heterocycles. The Morgan fingerprint density at radius 1 is 1.39 bits per heavy atom. The average molecular weight is 513 g/mol. The van der Waals surface area contributed by atoms with E-state index in [9.17, 15) is 13.2 Å². The quantitative estimate of drug-likeness (QED) is 0.325. The summed E-state index contributed by atoms with van der Waals surface area (Å²) in [4.78, 5) is 6.56. The number of guanidine groups is 1. The van der Waals surface area contributed by atoms with Gasteiger partial charge < -0.3 is 15.0 Å². The third-order valence-corrected chi connectivity index (χ3v) is 5.00. The summed E-state index contributed by atoms with van der Waals surface area (Å²) in [6, 6.07) is 5.60. The zero-order valence-electron chi connectivity index (χ0n) is 16.8. The molecule has 0 bridgehead atoms. The molecule has 1 saturated heterocycles. The van der Waals surface area contributed by atoms with E-state index in [1.54, 1.807) is 13.1 Å². The molecule has 4 nitrogen and oxygen atoms in total. The molecule has 160 valence electrons. The minimum absolute atomic E-state index is 0. The van der Waals surface area contributed by atoms with Crippen LogP contribution in [0, 0.1) is 5.92 Å². The maximum Gasteiger partial charge on any atom is 0.416 e. The summed E-state index contributed by atoms with van der Waals surface area (Å²) in [6.07, 6.45) is -2.48. The van der Waals surface area contributed by atoms with Gasteiger partial charge in [0, 0.05) is 39.2 Å². The van der Waals surface area contributed by atoms with Crippen molar-refractivity contribution >= 4 is 29.9 Å². The van der Waals surface area contributed by atoms with Crippen molar-refractivity contribution < 1.29 is 17.9 Å². The lowest BCUT2D eigenvalue weighted by atomic mass is 9.96. The van der Waals surface area contributed by atoms with Gasteiger partial charge in [0.25, 0.3) is 0 Å². The van der Waals surface area contributed by atoms with Crippen LogP contribution in [0.4, 0.5) is 13.2 Å². The van der Waals surface area contributed by atoms with Gasteiger partial charge >= 0.3 is 6.18 Å². The van der Waals surface area contributed by atoms with Gasteiger partial charge in [0.05, 0.1) is 12.2 Å². The van der Waals surface area contributed by atoms with Crippen LogP contribution in [0.25, 0.3) is 0 Å². The number of halogens is 4. The molecule has 1 N–H and O–H groups in total. The number of aliphatic imine (C=N–C) groups is 1. The Labute approximate surface area is 182 Å². The number of nitrogens with one attached hydrogen (secondary N) is 1. The zero-order valence-corrected chi connectivity index (χ0v) is 19.1. The van der Waals surface area contributed by atoms with Gasteiger partial charge in [-0.05, 0) is 37.3 Å². The van der Waals surface area contributed by atoms with Gasteiger partial charge in [-0.3, -0.25) is 4.99 Å². The molecular formula is C20H31F3IN3O. The fourth-order valence-electron chi connectivity index (χ4n) is 3.37. The Morgan fingerprint density at radius 2 is 2.14 bits per heavy atom. The highest BCUT2D eigenvalue weighted by molar-refractivity contribution is 14.0. The van der Waals surface area contributed by atoms with E-state index in [4.69, 9.17) is 4.74 Å². The first kappa shape index (κ1) is 25.0. The van der Waals surface area contributed by atoms with Crippen LogP contribution in [0.5, 0.6) is 0 Å². The van der Waals surface area contributed by atoms with E-state index in [2.05, 4.69) is 15.2 Å². The smallest absolute Gasteiger partial charge is 0.381 e. The van der Waals surface area contributed by atoms with Crippen molar-refractivity contribution in [2.24, 2.45) is 10.9 Å². The lowest BCUT2D eigenvalue weighted by molar-refractivity contribution is -0.137. The summed E-state index contributed by atoms with van der Waals surface area (Å²) in [5.41, 5.74) is 0.118. The summed E-state index contributed by atoms with van der Waals surface area (Å²) in [7, 11) is 1.76. The monoisotopic (exact) mass is 513 g/mol. The maximum absolute atomic E-state index is 12.9. The summed E-state index contributed by atoms with van der Waals surface area (Å²) >= 11 is 0. The molecule has 1 fully saturated rings. The number of benzene rings is 1. The molecular weight excluding hydrogens is 482 g/mol. The Morgan fingerprint density at radius 3 is 2.79 bits per heavy atom. The first-order valence-electron chi connectivity index (χ1n) is 9.55. The highest BCUT2D eigenvalue weighted by Gasteiger charge is 2.30. The van der Waals surface area contributed by atoms with Crippen molar-refractivity contribution in [2.45, 2.75) is 38.8 Å². The summed E-state index contributed by atoms with van der Waals surface area (Å²) < 4.78 is 44.1. The second-order valence-electron chi connectivity index (χ2n) is 7.05. The van der Waals surface area contributed by atoms with E-state index < -0.39 is 11.7 Å². The van der Waals surface area contributed by atoms with Crippen LogP contribution in [0.2, 0.25) is 0 Å². The van der Waals surface area contributed by atoms with E-state index in [1.165, 1.54) is 12.1 Å². The van der Waals surface area contributed by atoms with Crippen molar-refractivity contribution in [2.75, 3.05) is 39.9 Å². The predicted molar refractivity (Wildman–Crippen MR) is 117 cm³/mol. The molecule has 2 unspecified atom stereocenters. The standard InChI is InChI=1S/C20H30F3N3O.HI/c1-4-27-14-16-9-11-26(13-16)19(24-3)25-10-8-15(2)17-6-5-7-18(12-17)20(21,22)23;/h5-7,12,15-16H,4,8-11,13-14H2,1-3H3,(H,24,25);1H. The number of hydrogen-bond acceptors (Lipinski definition) is 2. The van der Waals surface area contributed by atoms with E-state index in [0.29, 0.717) is 18.0 Å². The fourth-order valence-corrected chi connectivity index (χ4v) is 3.37. The second kappa shape index (κ2) is 11.8. The van der Waals surface area contributed by atoms with Gasteiger partial charge in [0.15, 0.2) is 5.96 Å². The largest absolute Gasteiger partial charge is 0.416 e. The van der Waals surface area contributed by atoms with Crippen molar-refractivity contribution in [3.05, 3.63) is 35.4 Å². The molecule has 8 heteroatoms. The number of ether oxygens (including phenoxy) is 1. The van der Waals surface area contributed by atoms with Crippen LogP contribution < -0.4 is 5.32 Å². The lowest BCUT2D eigenvalue weighted by Crippen LogP contribution is -2.40. The van der Waals surface area contributed by atoms with Crippen molar-refractivity contribution in [1.82, 2.24) is 10.2 Å². The molecule has 1 aromatic rings. The Kier molecular flexibility index (Phi) is 10.6. The zero-order chi connectivity index (χ0) is 19.9. The molecule has 0 amide bonds. The molecule has 0 aliphatic carbocycles. The van der Waals surface area contributed by atoms with E-state index in [1.807, 2.05) is 13.8 Å². The summed E-state index contributed by atoms with van der Waals surface area (Å²) in [6.45, 7) is 7.99. The molecule has 1 aromatic carbocycles. The average Bonchev–Trinajstić information content (AvgIpc) is 3.11. The Hall–Kier alpha value is -1.03. The summed E-state index contributed by atoms with van der Waals surface area (Å²) in [5, 5.41) is 3.35. The first-order valence-corrected chi connectivity index (χ1v) is 9.55. The van der Waals surface area contributed by atoms with Gasteiger partial charge in [0.1, 0.15) is 0 Å². The summed E-state index contributed by atoms with van der Waals surface area (Å²) in [5.74, 6) is 1.40. The molecule has 1 aliphatic rings. The topological polar surface area (TPSA) is 36.9 Å². The molecule has 28 heavy (non-hydrogen) atoms. The van der Waals surface area contributed by atoms with E-state index >= 15 is 0 Å². The highest BCUT2D eigenvalue weighted by Crippen LogP contribution is 2.31. The van der Waals surface area contributed by atoms with Crippen molar-refractivity contribution in [3.8, 4) is 0 Å². The highest BCUT2D eigenvalue weighted by atomic mass is 127. The van der Waals surface area contributed by atoms with E-state index in [0.717, 1.165) is 51.2 Å². The van der Waals surface area contributed by atoms with Crippen LogP contribution in [0.15, 0.2) is 29.3 Å². The fraction of sp³-hybridized carbons (Fsp3) is 0.650. The van der Waals surface area contributed by atoms with Gasteiger partial charge in [-0.25, -0.2) is 0 Å². The molecule has 2 atom stereocenters. The predicted octanol–water partition coefficient (Wildman–Crippen LogP) is 4.75. The van der Waals surface area contributed by atoms with Gasteiger partial charge in [-0.1, -0.05) is 25.1 Å². The van der Waals surface area contributed by atoms with Crippen LogP contribution in [0.1, 0.15) is 43.7 Å². The third kappa shape index (κ3) is 7.42. The van der Waals surface area contributed by atoms with E-state index in [-0.39, 0.29) is 29.9 Å². The first-order chi connectivity index (χ1) is 12.8. The van der Waals surface area contributed by atoms with Gasteiger partial charge in [0.2, 0.25) is 0 Å². The van der Waals surface area contributed by atoms with Gasteiger partial charge in [-0.15, -0.1) is 24.0 Å². The number of rotatable bonds is 7. The number of alkyl halides is 3. The second-order valence-corrected chi connectivity index (χ2v) is 7.05. The van der Waals surface area contributed by atoms with Gasteiger partial charge in [-0.2, -0.15) is 13.2 Å². The van der Waals surface area contributed by atoms with Crippen molar-refractivity contribution in [3.63, 3.8) is 0 Å². The molecule has 0 aromatic heterocycles. The Balaban J connectivity index is 0.00000392.